The number of rotatable bonds is 4. The highest BCUT2D eigenvalue weighted by Gasteiger charge is 2.41. The van der Waals surface area contributed by atoms with Gasteiger partial charge in [-0.1, -0.05) is 6.42 Å². The number of halogens is 2. The number of fused-ring (bicyclic) bond motifs is 1. The zero-order valence-electron chi connectivity index (χ0n) is 14.2. The summed E-state index contributed by atoms with van der Waals surface area (Å²) in [6, 6.07) is 6.30. The first-order valence-electron chi connectivity index (χ1n) is 8.51. The minimum absolute atomic E-state index is 0.173. The highest BCUT2D eigenvalue weighted by Crippen LogP contribution is 2.45. The number of hydrogen-bond acceptors (Lipinski definition) is 3. The van der Waals surface area contributed by atoms with E-state index >= 15 is 0 Å². The second-order valence-electron chi connectivity index (χ2n) is 6.71. The topological polar surface area (TPSA) is 46.6 Å². The van der Waals surface area contributed by atoms with Gasteiger partial charge in [0.25, 0.3) is 11.8 Å². The third kappa shape index (κ3) is 2.57. The summed E-state index contributed by atoms with van der Waals surface area (Å²) in [4.78, 5) is 26.8. The molecule has 6 heteroatoms. The van der Waals surface area contributed by atoms with Gasteiger partial charge in [0, 0.05) is 11.6 Å². The van der Waals surface area contributed by atoms with Gasteiger partial charge in [0.05, 0.1) is 24.8 Å². The Balaban J connectivity index is 1.74. The second-order valence-corrected chi connectivity index (χ2v) is 6.71. The number of hydrogen-bond donors (Lipinski definition) is 0. The van der Waals surface area contributed by atoms with Crippen LogP contribution in [0.1, 0.15) is 57.0 Å². The Bertz CT molecular complexity index is 901. The van der Waals surface area contributed by atoms with Crippen molar-refractivity contribution in [3.05, 3.63) is 64.2 Å². The van der Waals surface area contributed by atoms with Gasteiger partial charge in [-0.2, -0.15) is 0 Å². The summed E-state index contributed by atoms with van der Waals surface area (Å²) >= 11 is 0. The van der Waals surface area contributed by atoms with Crippen LogP contribution in [0.5, 0.6) is 5.75 Å². The molecule has 1 saturated carbocycles. The Labute approximate surface area is 149 Å². The van der Waals surface area contributed by atoms with Crippen molar-refractivity contribution in [2.45, 2.75) is 31.7 Å². The van der Waals surface area contributed by atoms with E-state index in [0.717, 1.165) is 47.9 Å². The molecule has 0 N–H and O–H groups in total. The molecule has 2 amide bonds. The third-order valence-electron chi connectivity index (χ3n) is 5.14. The Morgan fingerprint density at radius 2 is 1.77 bits per heavy atom. The molecule has 2 aliphatic rings. The molecule has 0 spiro atoms. The van der Waals surface area contributed by atoms with E-state index in [0.29, 0.717) is 16.9 Å². The van der Waals surface area contributed by atoms with Crippen molar-refractivity contribution in [3.8, 4) is 5.75 Å². The Hall–Kier alpha value is -2.76. The number of benzene rings is 2. The molecule has 0 unspecified atom stereocenters. The molecule has 0 aromatic heterocycles. The Morgan fingerprint density at radius 1 is 1.08 bits per heavy atom. The lowest BCUT2D eigenvalue weighted by Gasteiger charge is -2.28. The van der Waals surface area contributed by atoms with Crippen LogP contribution in [0.3, 0.4) is 0 Å². The lowest BCUT2D eigenvalue weighted by atomic mass is 9.77. The highest BCUT2D eigenvalue weighted by molar-refractivity contribution is 6.22. The zero-order valence-corrected chi connectivity index (χ0v) is 14.2. The summed E-state index contributed by atoms with van der Waals surface area (Å²) in [6.07, 6.45) is 2.97. The smallest absolute Gasteiger partial charge is 0.262 e. The Morgan fingerprint density at radius 3 is 2.35 bits per heavy atom. The predicted molar refractivity (Wildman–Crippen MR) is 90.1 cm³/mol. The molecule has 2 aromatic rings. The first kappa shape index (κ1) is 16.7. The van der Waals surface area contributed by atoms with E-state index in [1.165, 1.54) is 0 Å². The van der Waals surface area contributed by atoms with Gasteiger partial charge in [-0.25, -0.2) is 8.78 Å². The number of amides is 2. The van der Waals surface area contributed by atoms with Gasteiger partial charge in [0.1, 0.15) is 17.4 Å². The summed E-state index contributed by atoms with van der Waals surface area (Å²) in [5.41, 5.74) is 1.71. The number of carbonyl (C=O) groups excluding carboxylic acids is 2. The van der Waals surface area contributed by atoms with Crippen molar-refractivity contribution in [1.82, 2.24) is 4.90 Å². The summed E-state index contributed by atoms with van der Waals surface area (Å²) in [7, 11) is 1.54. The van der Waals surface area contributed by atoms with Gasteiger partial charge in [-0.15, -0.1) is 0 Å². The number of nitrogens with zero attached hydrogens (tertiary/aromatic N) is 1. The van der Waals surface area contributed by atoms with Crippen LogP contribution in [0, 0.1) is 11.6 Å². The second kappa shape index (κ2) is 6.20. The van der Waals surface area contributed by atoms with Crippen LogP contribution in [0.4, 0.5) is 8.78 Å². The number of carbonyl (C=O) groups is 2. The maximum absolute atomic E-state index is 13.4. The Kier molecular flexibility index (Phi) is 3.98. The van der Waals surface area contributed by atoms with E-state index in [1.54, 1.807) is 19.2 Å². The molecule has 1 fully saturated rings. The van der Waals surface area contributed by atoms with E-state index in [4.69, 9.17) is 4.74 Å². The summed E-state index contributed by atoms with van der Waals surface area (Å²) in [6.45, 7) is -0.173. The van der Waals surface area contributed by atoms with E-state index < -0.39 is 23.4 Å². The maximum atomic E-state index is 13.4. The van der Waals surface area contributed by atoms with Gasteiger partial charge >= 0.3 is 0 Å². The van der Waals surface area contributed by atoms with Gasteiger partial charge in [0.2, 0.25) is 0 Å². The standard InChI is InChI=1S/C20H17F2NO3/c1-26-16-6-5-15-18(17(16)12-3-2-4-12)20(25)23(19(15)24)10-11-7-13(21)9-14(22)8-11/h5-9,12H,2-4,10H2,1H3. The maximum Gasteiger partial charge on any atom is 0.262 e. The van der Waals surface area contributed by atoms with E-state index in [1.807, 2.05) is 0 Å². The summed E-state index contributed by atoms with van der Waals surface area (Å²) in [5.74, 6) is -1.56. The highest BCUT2D eigenvalue weighted by atomic mass is 19.1. The molecule has 134 valence electrons. The third-order valence-corrected chi connectivity index (χ3v) is 5.14. The van der Waals surface area contributed by atoms with Crippen molar-refractivity contribution >= 4 is 11.8 Å². The molecular weight excluding hydrogens is 340 g/mol. The fourth-order valence-electron chi connectivity index (χ4n) is 3.69. The minimum atomic E-state index is -0.742. The van der Waals surface area contributed by atoms with Crippen LogP contribution >= 0.6 is 0 Å². The molecule has 0 atom stereocenters. The first-order valence-corrected chi connectivity index (χ1v) is 8.51. The zero-order chi connectivity index (χ0) is 18.4. The van der Waals surface area contributed by atoms with Gasteiger partial charge < -0.3 is 4.74 Å². The van der Waals surface area contributed by atoms with Gasteiger partial charge in [-0.05, 0) is 48.6 Å². The molecule has 2 aromatic carbocycles. The van der Waals surface area contributed by atoms with Crippen molar-refractivity contribution in [2.75, 3.05) is 7.11 Å². The number of imide groups is 1. The molecule has 1 aliphatic carbocycles. The molecular formula is C20H17F2NO3. The summed E-state index contributed by atoms with van der Waals surface area (Å²) < 4.78 is 32.3. The lowest BCUT2D eigenvalue weighted by Crippen LogP contribution is -2.29. The van der Waals surface area contributed by atoms with Crippen molar-refractivity contribution in [3.63, 3.8) is 0 Å². The van der Waals surface area contributed by atoms with Crippen LogP contribution in [-0.4, -0.2) is 23.8 Å². The average Bonchev–Trinajstić information content (AvgIpc) is 2.78. The van der Waals surface area contributed by atoms with E-state index in [-0.39, 0.29) is 18.0 Å². The van der Waals surface area contributed by atoms with Crippen LogP contribution in [0.15, 0.2) is 30.3 Å². The van der Waals surface area contributed by atoms with Crippen LogP contribution in [-0.2, 0) is 6.54 Å². The lowest BCUT2D eigenvalue weighted by molar-refractivity contribution is 0.0641. The van der Waals surface area contributed by atoms with Crippen LogP contribution in [0.2, 0.25) is 0 Å². The number of methoxy groups -OCH3 is 1. The fourth-order valence-corrected chi connectivity index (χ4v) is 3.69. The van der Waals surface area contributed by atoms with Crippen molar-refractivity contribution < 1.29 is 23.1 Å². The SMILES string of the molecule is COc1ccc2c(c1C1CCC1)C(=O)N(Cc1cc(F)cc(F)c1)C2=O. The van der Waals surface area contributed by atoms with Crippen molar-refractivity contribution in [2.24, 2.45) is 0 Å². The van der Waals surface area contributed by atoms with Gasteiger partial charge in [0.15, 0.2) is 0 Å². The normalized spacial score (nSPS) is 16.7. The molecule has 0 saturated heterocycles. The quantitative estimate of drug-likeness (QED) is 0.776. The molecule has 26 heavy (non-hydrogen) atoms. The van der Waals surface area contributed by atoms with E-state index in [9.17, 15) is 18.4 Å². The molecule has 4 rings (SSSR count). The fraction of sp³-hybridized carbons (Fsp3) is 0.300. The van der Waals surface area contributed by atoms with Crippen LogP contribution in [0.25, 0.3) is 0 Å². The minimum Gasteiger partial charge on any atom is -0.496 e. The average molecular weight is 357 g/mol. The summed E-state index contributed by atoms with van der Waals surface area (Å²) in [5, 5.41) is 0. The van der Waals surface area contributed by atoms with E-state index in [2.05, 4.69) is 0 Å². The number of ether oxygens (including phenoxy) is 1. The molecule has 4 nitrogen and oxygen atoms in total. The molecule has 1 heterocycles. The predicted octanol–water partition coefficient (Wildman–Crippen LogP) is 4.04. The molecule has 1 aliphatic heterocycles. The van der Waals surface area contributed by atoms with Gasteiger partial charge in [-0.3, -0.25) is 14.5 Å². The molecule has 0 radical (unpaired) electrons. The van der Waals surface area contributed by atoms with Crippen LogP contribution < -0.4 is 4.74 Å². The molecule has 0 bridgehead atoms. The van der Waals surface area contributed by atoms with Crippen molar-refractivity contribution in [1.29, 1.82) is 0 Å². The monoisotopic (exact) mass is 357 g/mol. The largest absolute Gasteiger partial charge is 0.496 e. The first-order chi connectivity index (χ1) is 12.5.